The van der Waals surface area contributed by atoms with Gasteiger partial charge in [-0.15, -0.1) is 6.42 Å². The lowest BCUT2D eigenvalue weighted by atomic mass is 9.33. The van der Waals surface area contributed by atoms with Crippen molar-refractivity contribution >= 4 is 23.6 Å². The molecule has 0 aromatic carbocycles. The molecule has 248 valence electrons. The summed E-state index contributed by atoms with van der Waals surface area (Å²) in [5.74, 6) is 1.02. The number of carbonyl (C=O) groups excluding carboxylic acids is 3. The van der Waals surface area contributed by atoms with E-state index >= 15 is 0 Å². The minimum absolute atomic E-state index is 0.0392. The Kier molecular flexibility index (Phi) is 8.21. The number of ketones is 1. The summed E-state index contributed by atoms with van der Waals surface area (Å²) in [7, 11) is 0. The number of aliphatic hydroxyl groups excluding tert-OH is 1. The van der Waals surface area contributed by atoms with E-state index in [1.54, 1.807) is 0 Å². The largest absolute Gasteiger partial charge is 0.480 e. The molecule has 0 aliphatic heterocycles. The van der Waals surface area contributed by atoms with Gasteiger partial charge in [-0.1, -0.05) is 60.0 Å². The van der Waals surface area contributed by atoms with Crippen LogP contribution < -0.4 is 5.32 Å². The molecule has 5 aliphatic rings. The van der Waals surface area contributed by atoms with Crippen molar-refractivity contribution in [2.24, 2.45) is 50.2 Å². The van der Waals surface area contributed by atoms with Gasteiger partial charge in [0.15, 0.2) is 5.78 Å². The van der Waals surface area contributed by atoms with Crippen LogP contribution in [0.3, 0.4) is 0 Å². The summed E-state index contributed by atoms with van der Waals surface area (Å²) < 4.78 is 0. The summed E-state index contributed by atoms with van der Waals surface area (Å²) in [6.45, 7) is 14.9. The molecule has 8 nitrogen and oxygen atoms in total. The van der Waals surface area contributed by atoms with Gasteiger partial charge >= 0.3 is 5.97 Å². The highest BCUT2D eigenvalue weighted by atomic mass is 16.4. The number of hydrogen-bond donors (Lipinski definition) is 3. The molecule has 8 heteroatoms. The first-order valence-corrected chi connectivity index (χ1v) is 16.9. The van der Waals surface area contributed by atoms with Crippen LogP contribution in [0.5, 0.6) is 0 Å². The Morgan fingerprint density at radius 1 is 1.00 bits per heavy atom. The Balaban J connectivity index is 1.48. The fraction of sp³-hybridized carbons (Fsp3) is 0.784. The number of allylic oxidation sites excluding steroid dienone is 2. The summed E-state index contributed by atoms with van der Waals surface area (Å²) >= 11 is 0. The number of hydrogen-bond acceptors (Lipinski definition) is 5. The summed E-state index contributed by atoms with van der Waals surface area (Å²) in [5.41, 5.74) is -0.463. The number of carboxylic acids is 1. The van der Waals surface area contributed by atoms with Crippen molar-refractivity contribution in [3.8, 4) is 12.3 Å². The monoisotopic (exact) mass is 622 g/mol. The third-order valence-electron chi connectivity index (χ3n) is 14.4. The Labute approximate surface area is 269 Å². The van der Waals surface area contributed by atoms with E-state index < -0.39 is 23.8 Å². The van der Waals surface area contributed by atoms with Gasteiger partial charge in [0.05, 0.1) is 12.6 Å². The van der Waals surface area contributed by atoms with Gasteiger partial charge < -0.3 is 20.4 Å². The quantitative estimate of drug-likeness (QED) is 0.359. The SMILES string of the molecule is C#CCN(CC(=O)NCC(=O)O)C(=O)[C@@]1(C)CC[C@]2(C)CC[C@]3(C)C(=CC(=O)[C@@H]4[C@@]5(C)CC[C@H](O)C(C)(C)[C@@H]5CC[C@]43C)[C@@H]2C1. The van der Waals surface area contributed by atoms with Crippen molar-refractivity contribution in [3.05, 3.63) is 11.6 Å². The van der Waals surface area contributed by atoms with Crippen molar-refractivity contribution < 1.29 is 29.4 Å². The predicted molar refractivity (Wildman–Crippen MR) is 171 cm³/mol. The predicted octanol–water partition coefficient (Wildman–Crippen LogP) is 4.99. The normalized spacial score (nSPS) is 43.3. The Morgan fingerprint density at radius 2 is 1.67 bits per heavy atom. The highest BCUT2D eigenvalue weighted by molar-refractivity contribution is 5.96. The first-order chi connectivity index (χ1) is 20.8. The van der Waals surface area contributed by atoms with Crippen LogP contribution in [0.2, 0.25) is 0 Å². The molecule has 0 saturated heterocycles. The number of terminal acetylenes is 1. The lowest BCUT2D eigenvalue weighted by Gasteiger charge is -2.70. The lowest BCUT2D eigenvalue weighted by Crippen LogP contribution is -2.66. The van der Waals surface area contributed by atoms with Gasteiger partial charge in [0.25, 0.3) is 0 Å². The number of aliphatic hydroxyl groups is 1. The van der Waals surface area contributed by atoms with Crippen molar-refractivity contribution in [2.75, 3.05) is 19.6 Å². The minimum atomic E-state index is -1.16. The van der Waals surface area contributed by atoms with Gasteiger partial charge in [0.2, 0.25) is 11.8 Å². The molecule has 0 aromatic heterocycles. The maximum atomic E-state index is 14.6. The fourth-order valence-electron chi connectivity index (χ4n) is 11.5. The number of carboxylic acid groups (broad SMARTS) is 1. The molecule has 3 N–H and O–H groups in total. The van der Waals surface area contributed by atoms with Crippen LogP contribution in [0.25, 0.3) is 0 Å². The van der Waals surface area contributed by atoms with Crippen LogP contribution in [0.4, 0.5) is 0 Å². The van der Waals surface area contributed by atoms with Gasteiger partial charge in [-0.05, 0) is 103 Å². The van der Waals surface area contributed by atoms with E-state index in [1.807, 2.05) is 13.0 Å². The highest BCUT2D eigenvalue weighted by Gasteiger charge is 2.70. The van der Waals surface area contributed by atoms with Crippen LogP contribution in [0.15, 0.2) is 11.6 Å². The molecule has 0 bridgehead atoms. The van der Waals surface area contributed by atoms with Gasteiger partial charge in [-0.2, -0.15) is 0 Å². The zero-order valence-electron chi connectivity index (χ0n) is 28.4. The molecule has 5 rings (SSSR count). The number of fused-ring (bicyclic) bond motifs is 7. The zero-order chi connectivity index (χ0) is 33.4. The number of carbonyl (C=O) groups is 4. The summed E-state index contributed by atoms with van der Waals surface area (Å²) in [6.07, 6.45) is 14.9. The third kappa shape index (κ3) is 4.98. The Morgan fingerprint density at radius 3 is 2.31 bits per heavy atom. The van der Waals surface area contributed by atoms with E-state index in [4.69, 9.17) is 11.5 Å². The van der Waals surface area contributed by atoms with E-state index in [-0.39, 0.29) is 75.7 Å². The highest BCUT2D eigenvalue weighted by Crippen LogP contribution is 2.75. The van der Waals surface area contributed by atoms with Crippen molar-refractivity contribution in [1.82, 2.24) is 10.2 Å². The topological polar surface area (TPSA) is 124 Å². The molecule has 9 atom stereocenters. The van der Waals surface area contributed by atoms with Crippen LogP contribution in [0, 0.1) is 62.6 Å². The van der Waals surface area contributed by atoms with Gasteiger partial charge in [-0.25, -0.2) is 0 Å². The molecule has 0 radical (unpaired) electrons. The number of rotatable bonds is 6. The molecular weight excluding hydrogens is 568 g/mol. The number of amides is 2. The molecule has 2 amide bonds. The van der Waals surface area contributed by atoms with Crippen molar-refractivity contribution in [1.29, 1.82) is 0 Å². The summed E-state index contributed by atoms with van der Waals surface area (Å²) in [4.78, 5) is 53.6. The molecule has 45 heavy (non-hydrogen) atoms. The first-order valence-electron chi connectivity index (χ1n) is 16.9. The van der Waals surface area contributed by atoms with E-state index in [0.717, 1.165) is 44.9 Å². The molecule has 0 aromatic rings. The molecule has 0 unspecified atom stereocenters. The smallest absolute Gasteiger partial charge is 0.322 e. The average molecular weight is 623 g/mol. The van der Waals surface area contributed by atoms with Crippen LogP contribution in [-0.2, 0) is 19.2 Å². The second-order valence-corrected chi connectivity index (χ2v) is 17.2. The molecule has 4 saturated carbocycles. The Hall–Kier alpha value is -2.66. The maximum Gasteiger partial charge on any atom is 0.322 e. The van der Waals surface area contributed by atoms with E-state index in [2.05, 4.69) is 52.8 Å². The minimum Gasteiger partial charge on any atom is -0.480 e. The van der Waals surface area contributed by atoms with Gasteiger partial charge in [0, 0.05) is 11.3 Å². The van der Waals surface area contributed by atoms with Crippen LogP contribution in [0.1, 0.15) is 106 Å². The summed E-state index contributed by atoms with van der Waals surface area (Å²) in [6, 6.07) is 0. The zero-order valence-corrected chi connectivity index (χ0v) is 28.4. The van der Waals surface area contributed by atoms with Crippen LogP contribution >= 0.6 is 0 Å². The molecule has 0 spiro atoms. The molecule has 0 heterocycles. The van der Waals surface area contributed by atoms with Gasteiger partial charge in [-0.3, -0.25) is 19.2 Å². The molecule has 5 aliphatic carbocycles. The third-order valence-corrected chi connectivity index (χ3v) is 14.4. The van der Waals surface area contributed by atoms with E-state index in [1.165, 1.54) is 10.5 Å². The first kappa shape index (κ1) is 33.7. The number of nitrogens with one attached hydrogen (secondary N) is 1. The number of aliphatic carboxylic acids is 1. The second-order valence-electron chi connectivity index (χ2n) is 17.2. The van der Waals surface area contributed by atoms with Crippen LogP contribution in [-0.4, -0.2) is 64.4 Å². The number of nitrogens with zero attached hydrogens (tertiary/aromatic N) is 1. The Bertz CT molecular complexity index is 1360. The summed E-state index contributed by atoms with van der Waals surface area (Å²) in [5, 5.41) is 22.3. The maximum absolute atomic E-state index is 14.6. The molecule has 4 fully saturated rings. The molecular formula is C37H54N2O6. The van der Waals surface area contributed by atoms with Crippen molar-refractivity contribution in [2.45, 2.75) is 112 Å². The standard InChI is InChI=1S/C37H54N2O6/c1-9-18-39(22-28(42)38-21-29(43)44)31(45)34(5)15-14-33(4)16-17-36(7)23(24(33)20-34)19-25(40)30-35(6)12-11-27(41)32(2,3)26(35)10-13-37(30,36)8/h1,19,24,26-27,30,41H,10-18,20-22H2,2-8H3,(H,38,42)(H,43,44)/t24-,26-,27-,30+,33+,34-,35-,36+,37+/m0/s1. The fourth-order valence-corrected chi connectivity index (χ4v) is 11.5. The second kappa shape index (κ2) is 11.0. The average Bonchev–Trinajstić information content (AvgIpc) is 2.95. The lowest BCUT2D eigenvalue weighted by molar-refractivity contribution is -0.202. The van der Waals surface area contributed by atoms with Gasteiger partial charge in [0.1, 0.15) is 13.1 Å². The van der Waals surface area contributed by atoms with E-state index in [9.17, 15) is 24.3 Å². The van der Waals surface area contributed by atoms with E-state index in [0.29, 0.717) is 12.8 Å². The van der Waals surface area contributed by atoms with Crippen molar-refractivity contribution in [3.63, 3.8) is 0 Å².